The van der Waals surface area contributed by atoms with Crippen molar-refractivity contribution in [1.29, 1.82) is 0 Å². The summed E-state index contributed by atoms with van der Waals surface area (Å²) in [5, 5.41) is 13.3. The Morgan fingerprint density at radius 1 is 1.26 bits per heavy atom. The average molecular weight is 319 g/mol. The number of hydrogen-bond acceptors (Lipinski definition) is 5. The van der Waals surface area contributed by atoms with Gasteiger partial charge in [0.25, 0.3) is 5.69 Å². The zero-order chi connectivity index (χ0) is 13.6. The van der Waals surface area contributed by atoms with Crippen LogP contribution >= 0.6 is 15.9 Å². The quantitative estimate of drug-likeness (QED) is 0.422. The molecule has 0 fully saturated rings. The highest BCUT2D eigenvalue weighted by atomic mass is 79.9. The van der Waals surface area contributed by atoms with E-state index in [2.05, 4.69) is 25.9 Å². The molecule has 0 spiro atoms. The molecule has 1 aromatic heterocycles. The highest BCUT2D eigenvalue weighted by Crippen LogP contribution is 2.33. The fourth-order valence-electron chi connectivity index (χ4n) is 2.00. The summed E-state index contributed by atoms with van der Waals surface area (Å²) in [6.07, 6.45) is 1.62. The minimum Gasteiger partial charge on any atom is -0.368 e. The summed E-state index contributed by atoms with van der Waals surface area (Å²) in [7, 11) is 0. The molecule has 0 saturated carbocycles. The number of nitrogen functional groups attached to an aromatic ring is 1. The fourth-order valence-corrected chi connectivity index (χ4v) is 2.49. The Hall–Kier alpha value is -2.28. The average Bonchev–Trinajstić information content (AvgIpc) is 2.37. The Balaban J connectivity index is 2.43. The van der Waals surface area contributed by atoms with Gasteiger partial charge in [-0.1, -0.05) is 6.07 Å². The van der Waals surface area contributed by atoms with Crippen LogP contribution in [-0.4, -0.2) is 14.9 Å². The minimum atomic E-state index is -0.423. The number of benzene rings is 2. The zero-order valence-electron chi connectivity index (χ0n) is 9.50. The third kappa shape index (κ3) is 1.88. The lowest BCUT2D eigenvalue weighted by Gasteiger charge is -2.04. The molecule has 0 aliphatic carbocycles. The molecule has 19 heavy (non-hydrogen) atoms. The van der Waals surface area contributed by atoms with Crippen molar-refractivity contribution in [3.8, 4) is 0 Å². The van der Waals surface area contributed by atoms with Gasteiger partial charge in [0.05, 0.1) is 14.9 Å². The maximum atomic E-state index is 10.9. The van der Waals surface area contributed by atoms with Crippen LogP contribution in [0.1, 0.15) is 0 Å². The van der Waals surface area contributed by atoms with Crippen LogP contribution in [0.3, 0.4) is 0 Å². The van der Waals surface area contributed by atoms with E-state index >= 15 is 0 Å². The van der Waals surface area contributed by atoms with Gasteiger partial charge in [-0.25, -0.2) is 9.97 Å². The molecule has 3 rings (SSSR count). The number of fused-ring (bicyclic) bond motifs is 3. The van der Waals surface area contributed by atoms with Crippen LogP contribution < -0.4 is 5.73 Å². The number of anilines is 1. The molecule has 3 aromatic rings. The molecule has 0 radical (unpaired) electrons. The molecular formula is C12H7BrN4O2. The predicted octanol–water partition coefficient (Wildman–Crippen LogP) is 3.04. The first kappa shape index (κ1) is 11.8. The number of nitrogens with zero attached hydrogens (tertiary/aromatic N) is 3. The lowest BCUT2D eigenvalue weighted by molar-refractivity contribution is -0.385. The smallest absolute Gasteiger partial charge is 0.284 e. The van der Waals surface area contributed by atoms with Gasteiger partial charge in [0.1, 0.15) is 0 Å². The largest absolute Gasteiger partial charge is 0.368 e. The summed E-state index contributed by atoms with van der Waals surface area (Å²) in [6, 6.07) is 6.78. The Morgan fingerprint density at radius 2 is 2.05 bits per heavy atom. The highest BCUT2D eigenvalue weighted by molar-refractivity contribution is 9.10. The van der Waals surface area contributed by atoms with Crippen molar-refractivity contribution >= 4 is 49.2 Å². The maximum absolute atomic E-state index is 10.9. The van der Waals surface area contributed by atoms with Gasteiger partial charge in [-0.15, -0.1) is 0 Å². The van der Waals surface area contributed by atoms with Crippen LogP contribution in [0, 0.1) is 10.1 Å². The Bertz CT molecular complexity index is 835. The molecule has 94 valence electrons. The molecule has 2 aromatic carbocycles. The molecule has 0 aliphatic rings. The summed E-state index contributed by atoms with van der Waals surface area (Å²) >= 11 is 3.21. The van der Waals surface area contributed by atoms with Gasteiger partial charge in [0.2, 0.25) is 5.95 Å². The van der Waals surface area contributed by atoms with Crippen molar-refractivity contribution in [2.24, 2.45) is 0 Å². The maximum Gasteiger partial charge on any atom is 0.284 e. The van der Waals surface area contributed by atoms with E-state index < -0.39 is 4.92 Å². The first-order valence-corrected chi connectivity index (χ1v) is 6.14. The van der Waals surface area contributed by atoms with Gasteiger partial charge in [-0.05, 0) is 38.8 Å². The Kier molecular flexibility index (Phi) is 2.56. The van der Waals surface area contributed by atoms with Crippen LogP contribution in [-0.2, 0) is 0 Å². The number of aromatic nitrogens is 2. The molecule has 0 amide bonds. The molecule has 0 aliphatic heterocycles. The molecule has 6 nitrogen and oxygen atoms in total. The molecule has 0 unspecified atom stereocenters. The van der Waals surface area contributed by atoms with Gasteiger partial charge in [-0.2, -0.15) is 0 Å². The second kappa shape index (κ2) is 4.13. The minimum absolute atomic E-state index is 0.0308. The van der Waals surface area contributed by atoms with E-state index in [0.29, 0.717) is 9.99 Å². The first-order valence-electron chi connectivity index (χ1n) is 5.35. The normalized spacial score (nSPS) is 11.0. The van der Waals surface area contributed by atoms with Gasteiger partial charge < -0.3 is 5.73 Å². The van der Waals surface area contributed by atoms with Crippen molar-refractivity contribution in [1.82, 2.24) is 9.97 Å². The fraction of sp³-hybridized carbons (Fsp3) is 0. The molecule has 0 saturated heterocycles. The van der Waals surface area contributed by atoms with Crippen LogP contribution in [0.25, 0.3) is 21.7 Å². The van der Waals surface area contributed by atoms with Gasteiger partial charge in [-0.3, -0.25) is 10.1 Å². The number of nitrogens with two attached hydrogens (primary N) is 1. The molecule has 1 heterocycles. The van der Waals surface area contributed by atoms with E-state index in [1.807, 2.05) is 0 Å². The van der Waals surface area contributed by atoms with Crippen molar-refractivity contribution in [3.63, 3.8) is 0 Å². The van der Waals surface area contributed by atoms with Crippen LogP contribution in [0.2, 0.25) is 0 Å². The third-order valence-electron chi connectivity index (χ3n) is 2.86. The number of nitro groups is 1. The van der Waals surface area contributed by atoms with Gasteiger partial charge in [0.15, 0.2) is 0 Å². The van der Waals surface area contributed by atoms with Crippen LogP contribution in [0.4, 0.5) is 11.6 Å². The predicted molar refractivity (Wildman–Crippen MR) is 75.8 cm³/mol. The van der Waals surface area contributed by atoms with Crippen molar-refractivity contribution in [3.05, 3.63) is 45.0 Å². The summed E-state index contributed by atoms with van der Waals surface area (Å²) < 4.78 is 0.425. The second-order valence-corrected chi connectivity index (χ2v) is 4.86. The molecule has 7 heteroatoms. The number of rotatable bonds is 1. The summed E-state index contributed by atoms with van der Waals surface area (Å²) in [4.78, 5) is 18.6. The standard InChI is InChI=1S/C12H7BrN4O2/c13-9-4-7-6(3-11(9)17(18)19)1-2-10-8(7)5-15-12(14)16-10/h1-5H,(H2,14,15,16). The number of nitro benzene ring substituents is 1. The second-order valence-electron chi connectivity index (χ2n) is 4.01. The van der Waals surface area contributed by atoms with E-state index in [4.69, 9.17) is 5.73 Å². The Morgan fingerprint density at radius 3 is 2.79 bits per heavy atom. The SMILES string of the molecule is Nc1ncc2c(ccc3cc([N+](=O)[O-])c(Br)cc32)n1. The lowest BCUT2D eigenvalue weighted by atomic mass is 10.1. The first-order chi connectivity index (χ1) is 9.06. The number of hydrogen-bond donors (Lipinski definition) is 1. The number of halogens is 1. The van der Waals surface area contributed by atoms with Crippen LogP contribution in [0.15, 0.2) is 34.9 Å². The summed E-state index contributed by atoms with van der Waals surface area (Å²) in [6.45, 7) is 0. The molecular weight excluding hydrogens is 312 g/mol. The van der Waals surface area contributed by atoms with E-state index in [1.165, 1.54) is 6.07 Å². The van der Waals surface area contributed by atoms with Crippen molar-refractivity contribution < 1.29 is 4.92 Å². The monoisotopic (exact) mass is 318 g/mol. The van der Waals surface area contributed by atoms with E-state index in [9.17, 15) is 10.1 Å². The molecule has 2 N–H and O–H groups in total. The summed E-state index contributed by atoms with van der Waals surface area (Å²) in [5.41, 5.74) is 6.28. The third-order valence-corrected chi connectivity index (χ3v) is 3.50. The van der Waals surface area contributed by atoms with Crippen molar-refractivity contribution in [2.45, 2.75) is 0 Å². The van der Waals surface area contributed by atoms with Gasteiger partial charge >= 0.3 is 0 Å². The summed E-state index contributed by atoms with van der Waals surface area (Å²) in [5.74, 6) is 0.202. The highest BCUT2D eigenvalue weighted by Gasteiger charge is 2.14. The lowest BCUT2D eigenvalue weighted by Crippen LogP contribution is -1.95. The van der Waals surface area contributed by atoms with E-state index in [0.717, 1.165) is 16.2 Å². The van der Waals surface area contributed by atoms with E-state index in [1.54, 1.807) is 24.4 Å². The van der Waals surface area contributed by atoms with E-state index in [-0.39, 0.29) is 11.6 Å². The Labute approximate surface area is 115 Å². The zero-order valence-corrected chi connectivity index (χ0v) is 11.1. The van der Waals surface area contributed by atoms with Crippen molar-refractivity contribution in [2.75, 3.05) is 5.73 Å². The van der Waals surface area contributed by atoms with Crippen LogP contribution in [0.5, 0.6) is 0 Å². The van der Waals surface area contributed by atoms with Gasteiger partial charge in [0, 0.05) is 17.6 Å². The molecule has 0 atom stereocenters. The topological polar surface area (TPSA) is 94.9 Å². The molecule has 0 bridgehead atoms.